The molecule has 0 bridgehead atoms. The first-order valence-electron chi connectivity index (χ1n) is 13.9. The van der Waals surface area contributed by atoms with Crippen molar-refractivity contribution in [2.75, 3.05) is 44.7 Å². The third-order valence-corrected chi connectivity index (χ3v) is 8.03. The summed E-state index contributed by atoms with van der Waals surface area (Å²) in [5, 5.41) is 14.2. The van der Waals surface area contributed by atoms with Gasteiger partial charge in [-0.3, -0.25) is 14.2 Å². The van der Waals surface area contributed by atoms with Gasteiger partial charge in [0, 0.05) is 74.7 Å². The van der Waals surface area contributed by atoms with Gasteiger partial charge in [0.25, 0.3) is 0 Å². The minimum atomic E-state index is -0.357. The smallest absolute Gasteiger partial charge is 0.224 e. The molecule has 1 aliphatic carbocycles. The lowest BCUT2D eigenvalue weighted by molar-refractivity contribution is 0.104. The minimum Gasteiger partial charge on any atom is -0.393 e. The van der Waals surface area contributed by atoms with E-state index in [2.05, 4.69) is 69.0 Å². The fraction of sp³-hybridized carbons (Fsp3) is 0.586. The Morgan fingerprint density at radius 1 is 1.05 bits per heavy atom. The number of alkyl halides is 1. The van der Waals surface area contributed by atoms with Crippen LogP contribution < -0.4 is 5.32 Å². The number of anilines is 1. The molecule has 200 valence electrons. The first kappa shape index (κ1) is 26.1. The number of hydrogen-bond donors (Lipinski definition) is 2. The zero-order valence-corrected chi connectivity index (χ0v) is 22.2. The molecule has 7 nitrogen and oxygen atoms in total. The van der Waals surface area contributed by atoms with E-state index in [0.29, 0.717) is 31.0 Å². The van der Waals surface area contributed by atoms with Crippen molar-refractivity contribution >= 4 is 17.0 Å². The highest BCUT2D eigenvalue weighted by Gasteiger charge is 2.24. The summed E-state index contributed by atoms with van der Waals surface area (Å²) < 4.78 is 14.9. The summed E-state index contributed by atoms with van der Waals surface area (Å²) in [4.78, 5) is 14.5. The molecule has 1 saturated heterocycles. The number of rotatable bonds is 9. The van der Waals surface area contributed by atoms with Gasteiger partial charge in [-0.05, 0) is 57.1 Å². The van der Waals surface area contributed by atoms with E-state index >= 15 is 0 Å². The van der Waals surface area contributed by atoms with E-state index < -0.39 is 0 Å². The standard InChI is InChI=1S/C29H41FN6O/c1-21(2)35-16-14-34(15-17-35)19-22-4-6-23(7-5-22)27-20-36(24-8-10-25(37)11-9-24)28-26(27)18-32-29(33-28)31-13-3-12-30/h4-7,18,20-21,24-25,37H,3,8-17,19H2,1-2H3,(H,31,32,33). The van der Waals surface area contributed by atoms with Crippen molar-refractivity contribution in [2.45, 2.75) is 70.7 Å². The van der Waals surface area contributed by atoms with Crippen molar-refractivity contribution < 1.29 is 9.50 Å². The predicted octanol–water partition coefficient (Wildman–Crippen LogP) is 4.87. The van der Waals surface area contributed by atoms with Gasteiger partial charge in [-0.1, -0.05) is 24.3 Å². The maximum absolute atomic E-state index is 12.6. The molecule has 1 aromatic carbocycles. The fourth-order valence-electron chi connectivity index (χ4n) is 5.71. The molecule has 2 aromatic heterocycles. The second kappa shape index (κ2) is 11.9. The lowest BCUT2D eigenvalue weighted by Crippen LogP contribution is -2.48. The molecular formula is C29H41FN6O. The van der Waals surface area contributed by atoms with E-state index in [1.165, 1.54) is 5.56 Å². The van der Waals surface area contributed by atoms with Gasteiger partial charge in [0.2, 0.25) is 5.95 Å². The second-order valence-electron chi connectivity index (χ2n) is 10.9. The van der Waals surface area contributed by atoms with Crippen LogP contribution in [0.1, 0.15) is 57.6 Å². The van der Waals surface area contributed by atoms with Gasteiger partial charge < -0.3 is 15.0 Å². The third-order valence-electron chi connectivity index (χ3n) is 8.03. The molecular weight excluding hydrogens is 467 g/mol. The van der Waals surface area contributed by atoms with Crippen molar-refractivity contribution in [3.05, 3.63) is 42.2 Å². The van der Waals surface area contributed by atoms with Crippen LogP contribution in [0.4, 0.5) is 10.3 Å². The number of halogens is 1. The molecule has 0 unspecified atom stereocenters. The summed E-state index contributed by atoms with van der Waals surface area (Å²) in [6, 6.07) is 9.86. The maximum atomic E-state index is 12.6. The Kier molecular flexibility index (Phi) is 8.37. The second-order valence-corrected chi connectivity index (χ2v) is 10.9. The van der Waals surface area contributed by atoms with Crippen LogP contribution in [0.3, 0.4) is 0 Å². The Bertz CT molecular complexity index is 1150. The first-order chi connectivity index (χ1) is 18.0. The van der Waals surface area contributed by atoms with Crippen LogP contribution in [-0.2, 0) is 6.54 Å². The van der Waals surface area contributed by atoms with E-state index in [9.17, 15) is 9.50 Å². The van der Waals surface area contributed by atoms with E-state index in [1.807, 2.05) is 6.20 Å². The van der Waals surface area contributed by atoms with Crippen molar-refractivity contribution in [2.24, 2.45) is 0 Å². The maximum Gasteiger partial charge on any atom is 0.224 e. The molecule has 0 atom stereocenters. The number of hydrogen-bond acceptors (Lipinski definition) is 6. The highest BCUT2D eigenvalue weighted by Crippen LogP contribution is 2.36. The van der Waals surface area contributed by atoms with Crippen LogP contribution in [0.2, 0.25) is 0 Å². The van der Waals surface area contributed by atoms with Crippen LogP contribution >= 0.6 is 0 Å². The number of nitrogens with one attached hydrogen (secondary N) is 1. The fourth-order valence-corrected chi connectivity index (χ4v) is 5.71. The first-order valence-corrected chi connectivity index (χ1v) is 13.9. The highest BCUT2D eigenvalue weighted by molar-refractivity contribution is 5.94. The van der Waals surface area contributed by atoms with Crippen LogP contribution in [0.15, 0.2) is 36.7 Å². The highest BCUT2D eigenvalue weighted by atomic mass is 19.1. The van der Waals surface area contributed by atoms with E-state index in [-0.39, 0.29) is 12.8 Å². The van der Waals surface area contributed by atoms with Crippen molar-refractivity contribution in [3.63, 3.8) is 0 Å². The number of benzene rings is 1. The van der Waals surface area contributed by atoms with Crippen LogP contribution in [0, 0.1) is 0 Å². The predicted molar refractivity (Wildman–Crippen MR) is 148 cm³/mol. The summed E-state index contributed by atoms with van der Waals surface area (Å²) in [5.41, 5.74) is 4.53. The Morgan fingerprint density at radius 3 is 2.46 bits per heavy atom. The number of aliphatic hydroxyl groups excluding tert-OH is 1. The molecule has 8 heteroatoms. The molecule has 5 rings (SSSR count). The number of aliphatic hydroxyl groups is 1. The molecule has 0 radical (unpaired) electrons. The summed E-state index contributed by atoms with van der Waals surface area (Å²) in [6.45, 7) is 10.2. The van der Waals surface area contributed by atoms with Crippen LogP contribution in [-0.4, -0.2) is 81.0 Å². The Balaban J connectivity index is 1.37. The van der Waals surface area contributed by atoms with Crippen LogP contribution in [0.5, 0.6) is 0 Å². The molecule has 37 heavy (non-hydrogen) atoms. The lowest BCUT2D eigenvalue weighted by Gasteiger charge is -2.36. The molecule has 2 N–H and O–H groups in total. The van der Waals surface area contributed by atoms with Gasteiger partial charge in [-0.25, -0.2) is 4.98 Å². The quantitative estimate of drug-likeness (QED) is 0.402. The number of fused-ring (bicyclic) bond motifs is 1. The van der Waals surface area contributed by atoms with Crippen molar-refractivity contribution in [1.29, 1.82) is 0 Å². The molecule has 3 aromatic rings. The van der Waals surface area contributed by atoms with E-state index in [4.69, 9.17) is 4.98 Å². The third kappa shape index (κ3) is 6.13. The molecule has 1 saturated carbocycles. The monoisotopic (exact) mass is 508 g/mol. The van der Waals surface area contributed by atoms with Crippen molar-refractivity contribution in [1.82, 2.24) is 24.3 Å². The zero-order valence-electron chi connectivity index (χ0n) is 22.2. The Morgan fingerprint density at radius 2 is 1.78 bits per heavy atom. The van der Waals surface area contributed by atoms with Gasteiger partial charge in [-0.2, -0.15) is 4.98 Å². The topological polar surface area (TPSA) is 69.5 Å². The van der Waals surface area contributed by atoms with Crippen molar-refractivity contribution in [3.8, 4) is 11.1 Å². The molecule has 2 aliphatic rings. The van der Waals surface area contributed by atoms with E-state index in [1.54, 1.807) is 0 Å². The number of nitrogens with zero attached hydrogens (tertiary/aromatic N) is 5. The van der Waals surface area contributed by atoms with Gasteiger partial charge in [0.05, 0.1) is 12.8 Å². The summed E-state index contributed by atoms with van der Waals surface area (Å²) in [7, 11) is 0. The molecule has 2 fully saturated rings. The van der Waals surface area contributed by atoms with Crippen LogP contribution in [0.25, 0.3) is 22.2 Å². The summed E-state index contributed by atoms with van der Waals surface area (Å²) in [6.07, 6.45) is 7.83. The minimum absolute atomic E-state index is 0.203. The SMILES string of the molecule is CC(C)N1CCN(Cc2ccc(-c3cn(C4CCC(O)CC4)c4nc(NCCCF)ncc34)cc2)CC1. The molecule has 0 spiro atoms. The Hall–Kier alpha value is -2.55. The summed E-state index contributed by atoms with van der Waals surface area (Å²) in [5.74, 6) is 0.538. The van der Waals surface area contributed by atoms with Gasteiger partial charge in [0.15, 0.2) is 0 Å². The largest absolute Gasteiger partial charge is 0.393 e. The summed E-state index contributed by atoms with van der Waals surface area (Å²) >= 11 is 0. The lowest BCUT2D eigenvalue weighted by atomic mass is 9.93. The normalized spacial score (nSPS) is 21.6. The molecule has 0 amide bonds. The van der Waals surface area contributed by atoms with E-state index in [0.717, 1.165) is 80.6 Å². The molecule has 1 aliphatic heterocycles. The van der Waals surface area contributed by atoms with Gasteiger partial charge >= 0.3 is 0 Å². The van der Waals surface area contributed by atoms with Gasteiger partial charge in [0.1, 0.15) is 5.65 Å². The van der Waals surface area contributed by atoms with Gasteiger partial charge in [-0.15, -0.1) is 0 Å². The molecule has 3 heterocycles. The average Bonchev–Trinajstić information content (AvgIpc) is 3.29. The number of piperazine rings is 1. The average molecular weight is 509 g/mol. The number of aromatic nitrogens is 3. The zero-order chi connectivity index (χ0) is 25.8. The Labute approximate surface area is 219 Å².